The highest BCUT2D eigenvalue weighted by Gasteiger charge is 2.40. The molecule has 1 fully saturated rings. The van der Waals surface area contributed by atoms with Crippen molar-refractivity contribution < 1.29 is 0 Å². The zero-order valence-corrected chi connectivity index (χ0v) is 9.52. The summed E-state index contributed by atoms with van der Waals surface area (Å²) in [5, 5.41) is 1.42. The van der Waals surface area contributed by atoms with Crippen molar-refractivity contribution >= 4 is 23.2 Å². The van der Waals surface area contributed by atoms with Crippen LogP contribution in [0.5, 0.6) is 0 Å². The van der Waals surface area contributed by atoms with Gasteiger partial charge in [-0.25, -0.2) is 0 Å². The average molecular weight is 230 g/mol. The molecule has 1 aliphatic carbocycles. The summed E-state index contributed by atoms with van der Waals surface area (Å²) in [7, 11) is 0. The smallest absolute Gasteiger partial charge is 0.0423 e. The quantitative estimate of drug-likeness (QED) is 0.827. The van der Waals surface area contributed by atoms with E-state index in [0.29, 0.717) is 21.9 Å². The van der Waals surface area contributed by atoms with Gasteiger partial charge in [0, 0.05) is 16.1 Å². The van der Waals surface area contributed by atoms with Crippen LogP contribution in [0.2, 0.25) is 10.0 Å². The Bertz CT molecular complexity index is 329. The summed E-state index contributed by atoms with van der Waals surface area (Å²) in [6.45, 7) is 2.05. The minimum absolute atomic E-state index is 0.262. The standard InChI is InChI=1S/C11H13Cl2N/c1-6(14)10-5-11(10)7-2-8(12)4-9(13)3-7/h2-4,6,10-11H,5,14H2,1H3/t6-,10+,11-/m0/s1. The Morgan fingerprint density at radius 1 is 1.29 bits per heavy atom. The summed E-state index contributed by atoms with van der Waals surface area (Å²) >= 11 is 11.9. The first-order valence-corrected chi connectivity index (χ1v) is 5.55. The normalized spacial score (nSPS) is 27.4. The van der Waals surface area contributed by atoms with E-state index in [2.05, 4.69) is 6.92 Å². The highest BCUT2D eigenvalue weighted by atomic mass is 35.5. The summed E-state index contributed by atoms with van der Waals surface area (Å²) in [4.78, 5) is 0. The van der Waals surface area contributed by atoms with Gasteiger partial charge in [0.25, 0.3) is 0 Å². The van der Waals surface area contributed by atoms with Gasteiger partial charge in [0.2, 0.25) is 0 Å². The third-order valence-corrected chi connectivity index (χ3v) is 3.26. The van der Waals surface area contributed by atoms with Gasteiger partial charge in [0.1, 0.15) is 0 Å². The van der Waals surface area contributed by atoms with E-state index in [1.54, 1.807) is 6.07 Å². The molecule has 0 amide bonds. The molecule has 0 aromatic heterocycles. The van der Waals surface area contributed by atoms with Crippen LogP contribution >= 0.6 is 23.2 Å². The Kier molecular flexibility index (Phi) is 2.74. The number of nitrogens with two attached hydrogens (primary N) is 1. The van der Waals surface area contributed by atoms with Crippen molar-refractivity contribution in [3.63, 3.8) is 0 Å². The second-order valence-corrected chi connectivity index (χ2v) is 4.94. The molecule has 0 unspecified atom stereocenters. The summed E-state index contributed by atoms with van der Waals surface area (Å²) in [6.07, 6.45) is 1.16. The van der Waals surface area contributed by atoms with Crippen molar-refractivity contribution in [3.05, 3.63) is 33.8 Å². The van der Waals surface area contributed by atoms with Gasteiger partial charge < -0.3 is 5.73 Å². The molecule has 0 aliphatic heterocycles. The Labute approximate surface area is 94.2 Å². The number of rotatable bonds is 2. The predicted molar refractivity (Wildman–Crippen MR) is 61.0 cm³/mol. The van der Waals surface area contributed by atoms with Crippen molar-refractivity contribution in [2.24, 2.45) is 11.7 Å². The number of benzene rings is 1. The highest BCUT2D eigenvalue weighted by Crippen LogP contribution is 2.49. The molecule has 0 spiro atoms. The van der Waals surface area contributed by atoms with E-state index in [0.717, 1.165) is 6.42 Å². The maximum absolute atomic E-state index is 5.93. The highest BCUT2D eigenvalue weighted by molar-refractivity contribution is 6.34. The van der Waals surface area contributed by atoms with E-state index in [4.69, 9.17) is 28.9 Å². The molecule has 1 aromatic carbocycles. The van der Waals surface area contributed by atoms with Gasteiger partial charge in [0.15, 0.2) is 0 Å². The predicted octanol–water partition coefficient (Wildman–Crippen LogP) is 3.44. The van der Waals surface area contributed by atoms with Crippen LogP contribution in [0.1, 0.15) is 24.8 Å². The summed E-state index contributed by atoms with van der Waals surface area (Å²) in [6, 6.07) is 5.99. The summed E-state index contributed by atoms with van der Waals surface area (Å²) in [5.41, 5.74) is 7.06. The minimum atomic E-state index is 0.262. The van der Waals surface area contributed by atoms with Crippen LogP contribution in [-0.4, -0.2) is 6.04 Å². The third-order valence-electron chi connectivity index (χ3n) is 2.83. The van der Waals surface area contributed by atoms with Crippen LogP contribution < -0.4 is 5.73 Å². The molecule has 3 atom stereocenters. The van der Waals surface area contributed by atoms with E-state index in [9.17, 15) is 0 Å². The molecule has 1 aromatic rings. The van der Waals surface area contributed by atoms with Gasteiger partial charge in [-0.05, 0) is 48.9 Å². The van der Waals surface area contributed by atoms with Crippen LogP contribution in [-0.2, 0) is 0 Å². The van der Waals surface area contributed by atoms with Crippen LogP contribution in [0.4, 0.5) is 0 Å². The largest absolute Gasteiger partial charge is 0.328 e. The van der Waals surface area contributed by atoms with Gasteiger partial charge >= 0.3 is 0 Å². The van der Waals surface area contributed by atoms with E-state index in [1.807, 2.05) is 12.1 Å². The fraction of sp³-hybridized carbons (Fsp3) is 0.455. The monoisotopic (exact) mass is 229 g/mol. The maximum Gasteiger partial charge on any atom is 0.0423 e. The molecule has 0 saturated heterocycles. The van der Waals surface area contributed by atoms with Crippen LogP contribution in [0.15, 0.2) is 18.2 Å². The molecule has 2 rings (SSSR count). The van der Waals surface area contributed by atoms with Crippen LogP contribution in [0, 0.1) is 5.92 Å². The summed E-state index contributed by atoms with van der Waals surface area (Å²) in [5.74, 6) is 1.16. The van der Waals surface area contributed by atoms with Crippen molar-refractivity contribution in [1.29, 1.82) is 0 Å². The van der Waals surface area contributed by atoms with Crippen molar-refractivity contribution in [3.8, 4) is 0 Å². The van der Waals surface area contributed by atoms with Crippen molar-refractivity contribution in [2.75, 3.05) is 0 Å². The number of hydrogen-bond donors (Lipinski definition) is 1. The van der Waals surface area contributed by atoms with Gasteiger partial charge in [0.05, 0.1) is 0 Å². The van der Waals surface area contributed by atoms with E-state index < -0.39 is 0 Å². The molecule has 3 heteroatoms. The van der Waals surface area contributed by atoms with Gasteiger partial charge in [-0.15, -0.1) is 0 Å². The lowest BCUT2D eigenvalue weighted by molar-refractivity contribution is 0.631. The topological polar surface area (TPSA) is 26.0 Å². The zero-order valence-electron chi connectivity index (χ0n) is 8.00. The van der Waals surface area contributed by atoms with E-state index >= 15 is 0 Å². The molecule has 1 nitrogen and oxygen atoms in total. The molecule has 0 bridgehead atoms. The molecular formula is C11H13Cl2N. The first-order chi connectivity index (χ1) is 6.58. The lowest BCUT2D eigenvalue weighted by atomic mass is 10.1. The average Bonchev–Trinajstić information content (AvgIpc) is 2.79. The molecule has 1 saturated carbocycles. The molecular weight excluding hydrogens is 217 g/mol. The first kappa shape index (κ1) is 10.3. The van der Waals surface area contributed by atoms with Crippen LogP contribution in [0.25, 0.3) is 0 Å². The lowest BCUT2D eigenvalue weighted by Crippen LogP contribution is -2.17. The molecule has 14 heavy (non-hydrogen) atoms. The minimum Gasteiger partial charge on any atom is -0.328 e. The lowest BCUT2D eigenvalue weighted by Gasteiger charge is -2.05. The molecule has 0 heterocycles. The van der Waals surface area contributed by atoms with Crippen LogP contribution in [0.3, 0.4) is 0 Å². The Hall–Kier alpha value is -0.240. The molecule has 1 aliphatic rings. The second kappa shape index (κ2) is 3.73. The SMILES string of the molecule is C[C@H](N)[C@H]1C[C@H]1c1cc(Cl)cc(Cl)c1. The molecule has 76 valence electrons. The number of halogens is 2. The van der Waals surface area contributed by atoms with E-state index in [-0.39, 0.29) is 6.04 Å². The number of hydrogen-bond acceptors (Lipinski definition) is 1. The summed E-state index contributed by atoms with van der Waals surface area (Å²) < 4.78 is 0. The first-order valence-electron chi connectivity index (χ1n) is 4.79. The maximum atomic E-state index is 5.93. The Balaban J connectivity index is 2.19. The van der Waals surface area contributed by atoms with Gasteiger partial charge in [-0.2, -0.15) is 0 Å². The third kappa shape index (κ3) is 2.05. The fourth-order valence-electron chi connectivity index (χ4n) is 1.97. The second-order valence-electron chi connectivity index (χ2n) is 4.07. The van der Waals surface area contributed by atoms with Gasteiger partial charge in [-0.3, -0.25) is 0 Å². The zero-order chi connectivity index (χ0) is 10.3. The molecule has 2 N–H and O–H groups in total. The van der Waals surface area contributed by atoms with Crippen molar-refractivity contribution in [2.45, 2.75) is 25.3 Å². The van der Waals surface area contributed by atoms with Gasteiger partial charge in [-0.1, -0.05) is 23.2 Å². The van der Waals surface area contributed by atoms with E-state index in [1.165, 1.54) is 5.56 Å². The molecule has 0 radical (unpaired) electrons. The fourth-order valence-corrected chi connectivity index (χ4v) is 2.51. The van der Waals surface area contributed by atoms with Crippen molar-refractivity contribution in [1.82, 2.24) is 0 Å². The Morgan fingerprint density at radius 3 is 2.29 bits per heavy atom. The Morgan fingerprint density at radius 2 is 1.86 bits per heavy atom.